The van der Waals surface area contributed by atoms with Gasteiger partial charge in [-0.15, -0.1) is 11.6 Å². The average molecular weight is 269 g/mol. The summed E-state index contributed by atoms with van der Waals surface area (Å²) in [5.74, 6) is 1.41. The maximum absolute atomic E-state index is 6.41. The molecule has 0 amide bonds. The second-order valence-corrected chi connectivity index (χ2v) is 4.75. The summed E-state index contributed by atoms with van der Waals surface area (Å²) in [4.78, 5) is 0. The van der Waals surface area contributed by atoms with E-state index in [2.05, 4.69) is 0 Å². The Morgan fingerprint density at radius 2 is 1.82 bits per heavy atom. The van der Waals surface area contributed by atoms with Gasteiger partial charge in [-0.1, -0.05) is 6.07 Å². The van der Waals surface area contributed by atoms with E-state index in [-0.39, 0.29) is 5.38 Å². The second-order valence-electron chi connectivity index (χ2n) is 3.53. The van der Waals surface area contributed by atoms with E-state index in [1.54, 1.807) is 25.6 Å². The third-order valence-electron chi connectivity index (χ3n) is 2.54. The van der Waals surface area contributed by atoms with E-state index >= 15 is 0 Å². The number of thiophene rings is 1. The summed E-state index contributed by atoms with van der Waals surface area (Å²) in [6.07, 6.45) is 0. The largest absolute Gasteiger partial charge is 0.493 e. The molecule has 1 heterocycles. The third-order valence-corrected chi connectivity index (χ3v) is 3.74. The molecule has 90 valence electrons. The lowest BCUT2D eigenvalue weighted by atomic mass is 10.1. The Morgan fingerprint density at radius 1 is 1.06 bits per heavy atom. The summed E-state index contributed by atoms with van der Waals surface area (Å²) in [5, 5.41) is 3.92. The van der Waals surface area contributed by atoms with E-state index in [0.29, 0.717) is 11.5 Å². The van der Waals surface area contributed by atoms with Gasteiger partial charge in [0, 0.05) is 0 Å². The molecule has 1 aromatic carbocycles. The van der Waals surface area contributed by atoms with Gasteiger partial charge in [0.05, 0.1) is 19.6 Å². The number of benzene rings is 1. The fourth-order valence-electron chi connectivity index (χ4n) is 1.62. The Bertz CT molecular complexity index is 482. The van der Waals surface area contributed by atoms with Gasteiger partial charge in [0.1, 0.15) is 0 Å². The standard InChI is InChI=1S/C13H13ClO2S/c1-15-11-4-3-9(7-12(11)16-2)13(14)10-5-6-17-8-10/h3-8,13H,1-2H3. The number of halogens is 1. The zero-order chi connectivity index (χ0) is 12.3. The van der Waals surface area contributed by atoms with Crippen molar-refractivity contribution in [3.8, 4) is 11.5 Å². The minimum atomic E-state index is -0.152. The Hall–Kier alpha value is -1.19. The third kappa shape index (κ3) is 2.56. The summed E-state index contributed by atoms with van der Waals surface area (Å²) in [6, 6.07) is 7.76. The van der Waals surface area contributed by atoms with Crippen molar-refractivity contribution in [2.24, 2.45) is 0 Å². The van der Waals surface area contributed by atoms with Gasteiger partial charge in [0.25, 0.3) is 0 Å². The maximum Gasteiger partial charge on any atom is 0.161 e. The van der Waals surface area contributed by atoms with Crippen molar-refractivity contribution in [3.05, 3.63) is 46.2 Å². The van der Waals surface area contributed by atoms with Crippen molar-refractivity contribution in [2.45, 2.75) is 5.38 Å². The van der Waals surface area contributed by atoms with Gasteiger partial charge in [0.15, 0.2) is 11.5 Å². The van der Waals surface area contributed by atoms with Crippen molar-refractivity contribution < 1.29 is 9.47 Å². The van der Waals surface area contributed by atoms with Gasteiger partial charge in [-0.3, -0.25) is 0 Å². The highest BCUT2D eigenvalue weighted by Crippen LogP contribution is 2.35. The van der Waals surface area contributed by atoms with Crippen LogP contribution in [0, 0.1) is 0 Å². The Balaban J connectivity index is 2.33. The molecule has 0 aliphatic heterocycles. The number of rotatable bonds is 4. The molecule has 2 aromatic rings. The molecule has 0 N–H and O–H groups in total. The topological polar surface area (TPSA) is 18.5 Å². The van der Waals surface area contributed by atoms with Crippen molar-refractivity contribution in [1.82, 2.24) is 0 Å². The van der Waals surface area contributed by atoms with Gasteiger partial charge in [-0.05, 0) is 40.1 Å². The maximum atomic E-state index is 6.41. The van der Waals surface area contributed by atoms with E-state index in [0.717, 1.165) is 11.1 Å². The fourth-order valence-corrected chi connectivity index (χ4v) is 2.65. The molecule has 17 heavy (non-hydrogen) atoms. The van der Waals surface area contributed by atoms with Gasteiger partial charge in [-0.2, -0.15) is 11.3 Å². The molecule has 4 heteroatoms. The van der Waals surface area contributed by atoms with Gasteiger partial charge in [-0.25, -0.2) is 0 Å². The highest BCUT2D eigenvalue weighted by molar-refractivity contribution is 7.08. The highest BCUT2D eigenvalue weighted by Gasteiger charge is 2.14. The van der Waals surface area contributed by atoms with E-state index in [9.17, 15) is 0 Å². The first-order valence-corrected chi connectivity index (χ1v) is 6.52. The number of methoxy groups -OCH3 is 2. The lowest BCUT2D eigenvalue weighted by Crippen LogP contribution is -1.95. The Labute approximate surface area is 110 Å². The first kappa shape index (κ1) is 12.3. The predicted octanol–water partition coefficient (Wildman–Crippen LogP) is 4.09. The van der Waals surface area contributed by atoms with Crippen LogP contribution in [0.25, 0.3) is 0 Å². The molecule has 2 rings (SSSR count). The zero-order valence-corrected chi connectivity index (χ0v) is 11.2. The van der Waals surface area contributed by atoms with Crippen LogP contribution in [-0.2, 0) is 0 Å². The quantitative estimate of drug-likeness (QED) is 0.778. The van der Waals surface area contributed by atoms with E-state index in [1.165, 1.54) is 0 Å². The van der Waals surface area contributed by atoms with Crippen LogP contribution in [0.15, 0.2) is 35.0 Å². The number of hydrogen-bond donors (Lipinski definition) is 0. The van der Waals surface area contributed by atoms with Crippen LogP contribution < -0.4 is 9.47 Å². The molecule has 0 fully saturated rings. The molecule has 0 bridgehead atoms. The summed E-state index contributed by atoms with van der Waals surface area (Å²) >= 11 is 8.05. The summed E-state index contributed by atoms with van der Waals surface area (Å²) in [6.45, 7) is 0. The monoisotopic (exact) mass is 268 g/mol. The number of hydrogen-bond acceptors (Lipinski definition) is 3. The molecule has 1 unspecified atom stereocenters. The smallest absolute Gasteiger partial charge is 0.161 e. The Kier molecular flexibility index (Phi) is 3.92. The first-order chi connectivity index (χ1) is 8.26. The summed E-state index contributed by atoms with van der Waals surface area (Å²) in [5.41, 5.74) is 2.10. The molecule has 1 aromatic heterocycles. The number of ether oxygens (including phenoxy) is 2. The van der Waals surface area contributed by atoms with Crippen LogP contribution in [-0.4, -0.2) is 14.2 Å². The molecular weight excluding hydrogens is 256 g/mol. The molecule has 0 aliphatic rings. The first-order valence-electron chi connectivity index (χ1n) is 5.14. The van der Waals surface area contributed by atoms with Crippen molar-refractivity contribution in [2.75, 3.05) is 14.2 Å². The van der Waals surface area contributed by atoms with Gasteiger partial charge in [0.2, 0.25) is 0 Å². The molecule has 0 saturated carbocycles. The van der Waals surface area contributed by atoms with Crippen molar-refractivity contribution in [3.63, 3.8) is 0 Å². The molecule has 1 atom stereocenters. The van der Waals surface area contributed by atoms with Crippen molar-refractivity contribution in [1.29, 1.82) is 0 Å². The van der Waals surface area contributed by atoms with Crippen molar-refractivity contribution >= 4 is 22.9 Å². The van der Waals surface area contributed by atoms with E-state index < -0.39 is 0 Å². The number of alkyl halides is 1. The molecule has 0 spiro atoms. The average Bonchev–Trinajstić information content (AvgIpc) is 2.90. The van der Waals surface area contributed by atoms with Gasteiger partial charge < -0.3 is 9.47 Å². The molecule has 0 radical (unpaired) electrons. The molecule has 0 aliphatic carbocycles. The van der Waals surface area contributed by atoms with Crippen LogP contribution in [0.4, 0.5) is 0 Å². The molecule has 0 saturated heterocycles. The minimum absolute atomic E-state index is 0.152. The minimum Gasteiger partial charge on any atom is -0.493 e. The Morgan fingerprint density at radius 3 is 2.41 bits per heavy atom. The zero-order valence-electron chi connectivity index (χ0n) is 9.64. The molecular formula is C13H13ClO2S. The van der Waals surface area contributed by atoms with Crippen LogP contribution in [0.3, 0.4) is 0 Å². The molecule has 2 nitrogen and oxygen atoms in total. The van der Waals surface area contributed by atoms with Crippen LogP contribution in [0.5, 0.6) is 11.5 Å². The van der Waals surface area contributed by atoms with Gasteiger partial charge >= 0.3 is 0 Å². The van der Waals surface area contributed by atoms with Crippen LogP contribution in [0.1, 0.15) is 16.5 Å². The SMILES string of the molecule is COc1ccc(C(Cl)c2ccsc2)cc1OC. The fraction of sp³-hybridized carbons (Fsp3) is 0.231. The van der Waals surface area contributed by atoms with E-state index in [1.807, 2.05) is 35.0 Å². The predicted molar refractivity (Wildman–Crippen MR) is 71.6 cm³/mol. The highest BCUT2D eigenvalue weighted by atomic mass is 35.5. The second kappa shape index (κ2) is 5.43. The van der Waals surface area contributed by atoms with Crippen LogP contribution in [0.2, 0.25) is 0 Å². The summed E-state index contributed by atoms with van der Waals surface area (Å²) in [7, 11) is 3.24. The lowest BCUT2D eigenvalue weighted by molar-refractivity contribution is 0.354. The summed E-state index contributed by atoms with van der Waals surface area (Å²) < 4.78 is 10.5. The normalized spacial score (nSPS) is 12.2. The van der Waals surface area contributed by atoms with E-state index in [4.69, 9.17) is 21.1 Å². The lowest BCUT2D eigenvalue weighted by Gasteiger charge is -2.12. The van der Waals surface area contributed by atoms with Crippen LogP contribution >= 0.6 is 22.9 Å².